The molecule has 3 heteroatoms. The minimum Gasteiger partial charge on any atom is -0.351 e. The number of hydrogen-bond acceptors (Lipinski definition) is 2. The van der Waals surface area contributed by atoms with Gasteiger partial charge < -0.3 is 10.6 Å². The highest BCUT2D eigenvalue weighted by molar-refractivity contribution is 5.77. The molecule has 3 unspecified atom stereocenters. The van der Waals surface area contributed by atoms with Gasteiger partial charge in [-0.2, -0.15) is 0 Å². The fourth-order valence-corrected chi connectivity index (χ4v) is 7.09. The Hall–Kier alpha value is -0.570. The molecule has 0 aromatic carbocycles. The highest BCUT2D eigenvalue weighted by Crippen LogP contribution is 2.66. The first kappa shape index (κ1) is 14.0. The van der Waals surface area contributed by atoms with E-state index in [2.05, 4.69) is 24.5 Å². The van der Waals surface area contributed by atoms with Crippen LogP contribution in [0.1, 0.15) is 71.6 Å². The number of amides is 1. The summed E-state index contributed by atoms with van der Waals surface area (Å²) in [5, 5.41) is 6.97. The summed E-state index contributed by atoms with van der Waals surface area (Å²) in [6.07, 6.45) is 10.9. The minimum atomic E-state index is 0.124. The van der Waals surface area contributed by atoms with E-state index in [1.807, 2.05) is 0 Å². The van der Waals surface area contributed by atoms with Gasteiger partial charge in [0.25, 0.3) is 0 Å². The van der Waals surface area contributed by atoms with Crippen molar-refractivity contribution >= 4 is 5.91 Å². The molecule has 1 amide bonds. The lowest BCUT2D eigenvalue weighted by molar-refractivity contribution is -0.140. The van der Waals surface area contributed by atoms with Crippen molar-refractivity contribution in [1.29, 1.82) is 0 Å². The van der Waals surface area contributed by atoms with E-state index in [-0.39, 0.29) is 5.54 Å². The van der Waals surface area contributed by atoms with Crippen molar-refractivity contribution in [3.63, 3.8) is 0 Å². The SMILES string of the molecule is CC12CC3CC(C)(C1)CC(NC(=O)CC1CCCN1)(C3)C2. The van der Waals surface area contributed by atoms with Crippen LogP contribution in [-0.2, 0) is 4.79 Å². The lowest BCUT2D eigenvalue weighted by atomic mass is 9.43. The Morgan fingerprint density at radius 1 is 1.14 bits per heavy atom. The number of hydrogen-bond donors (Lipinski definition) is 2. The summed E-state index contributed by atoms with van der Waals surface area (Å²) in [6.45, 7) is 6.02. The standard InChI is InChI=1S/C18H30N2O/c1-16-7-13-8-17(2,10-16)12-18(9-13,11-16)20-15(21)6-14-4-3-5-19-14/h13-14,19H,3-12H2,1-2H3,(H,20,21). The summed E-state index contributed by atoms with van der Waals surface area (Å²) in [6, 6.07) is 0.421. The summed E-state index contributed by atoms with van der Waals surface area (Å²) >= 11 is 0. The third kappa shape index (κ3) is 2.52. The summed E-state index contributed by atoms with van der Waals surface area (Å²) < 4.78 is 0. The minimum absolute atomic E-state index is 0.124. The number of nitrogens with one attached hydrogen (secondary N) is 2. The zero-order valence-corrected chi connectivity index (χ0v) is 13.6. The molecule has 4 bridgehead atoms. The van der Waals surface area contributed by atoms with Gasteiger partial charge in [-0.3, -0.25) is 4.79 Å². The van der Waals surface area contributed by atoms with E-state index in [1.54, 1.807) is 0 Å². The number of carbonyl (C=O) groups is 1. The predicted molar refractivity (Wildman–Crippen MR) is 83.9 cm³/mol. The van der Waals surface area contributed by atoms with Gasteiger partial charge in [0, 0.05) is 18.0 Å². The van der Waals surface area contributed by atoms with Crippen molar-refractivity contribution in [2.75, 3.05) is 6.54 Å². The molecule has 2 N–H and O–H groups in total. The van der Waals surface area contributed by atoms with E-state index in [1.165, 1.54) is 51.4 Å². The Morgan fingerprint density at radius 2 is 1.86 bits per heavy atom. The molecule has 3 atom stereocenters. The van der Waals surface area contributed by atoms with Gasteiger partial charge in [-0.25, -0.2) is 0 Å². The van der Waals surface area contributed by atoms with Gasteiger partial charge in [0.2, 0.25) is 5.91 Å². The average molecular weight is 290 g/mol. The molecule has 4 saturated carbocycles. The molecule has 0 aromatic heterocycles. The summed E-state index contributed by atoms with van der Waals surface area (Å²) in [5.74, 6) is 1.14. The maximum Gasteiger partial charge on any atom is 0.221 e. The van der Waals surface area contributed by atoms with Crippen molar-refractivity contribution in [2.45, 2.75) is 83.2 Å². The Balaban J connectivity index is 1.47. The van der Waals surface area contributed by atoms with Crippen LogP contribution in [0.5, 0.6) is 0 Å². The van der Waals surface area contributed by atoms with E-state index < -0.39 is 0 Å². The van der Waals surface area contributed by atoms with E-state index in [9.17, 15) is 4.79 Å². The first-order valence-electron chi connectivity index (χ1n) is 8.92. The fourth-order valence-electron chi connectivity index (χ4n) is 7.09. The summed E-state index contributed by atoms with van der Waals surface area (Å²) in [4.78, 5) is 12.5. The first-order valence-corrected chi connectivity index (χ1v) is 8.92. The zero-order valence-electron chi connectivity index (χ0n) is 13.6. The molecule has 0 radical (unpaired) electrons. The van der Waals surface area contributed by atoms with Crippen LogP contribution in [-0.4, -0.2) is 24.0 Å². The third-order valence-corrected chi connectivity index (χ3v) is 6.62. The summed E-state index contributed by atoms with van der Waals surface area (Å²) in [7, 11) is 0. The third-order valence-electron chi connectivity index (χ3n) is 6.62. The van der Waals surface area contributed by atoms with Crippen molar-refractivity contribution in [1.82, 2.24) is 10.6 Å². The van der Waals surface area contributed by atoms with Gasteiger partial charge >= 0.3 is 0 Å². The van der Waals surface area contributed by atoms with Gasteiger partial charge in [-0.05, 0) is 74.7 Å². The average Bonchev–Trinajstić information content (AvgIpc) is 2.74. The van der Waals surface area contributed by atoms with Crippen LogP contribution in [0.25, 0.3) is 0 Å². The molecule has 1 heterocycles. The first-order chi connectivity index (χ1) is 9.88. The van der Waals surface area contributed by atoms with Gasteiger partial charge in [0.05, 0.1) is 0 Å². The van der Waals surface area contributed by atoms with Crippen LogP contribution in [0.2, 0.25) is 0 Å². The second kappa shape index (κ2) is 4.47. The highest BCUT2D eigenvalue weighted by atomic mass is 16.1. The second-order valence-corrected chi connectivity index (χ2v) is 9.46. The lowest BCUT2D eigenvalue weighted by Crippen LogP contribution is -2.65. The molecule has 21 heavy (non-hydrogen) atoms. The molecule has 0 spiro atoms. The molecule has 118 valence electrons. The van der Waals surface area contributed by atoms with Crippen LogP contribution in [0, 0.1) is 16.7 Å². The van der Waals surface area contributed by atoms with Crippen LogP contribution >= 0.6 is 0 Å². The van der Waals surface area contributed by atoms with E-state index in [0.29, 0.717) is 29.2 Å². The molecular weight excluding hydrogens is 260 g/mol. The number of carbonyl (C=O) groups excluding carboxylic acids is 1. The molecule has 4 aliphatic carbocycles. The molecule has 5 aliphatic rings. The van der Waals surface area contributed by atoms with Gasteiger partial charge in [-0.15, -0.1) is 0 Å². The molecule has 1 saturated heterocycles. The molecule has 5 rings (SSSR count). The lowest BCUT2D eigenvalue weighted by Gasteiger charge is -2.65. The smallest absolute Gasteiger partial charge is 0.221 e. The largest absolute Gasteiger partial charge is 0.351 e. The fraction of sp³-hybridized carbons (Fsp3) is 0.944. The van der Waals surface area contributed by atoms with Crippen molar-refractivity contribution < 1.29 is 4.79 Å². The van der Waals surface area contributed by atoms with Crippen molar-refractivity contribution in [3.05, 3.63) is 0 Å². The van der Waals surface area contributed by atoms with Gasteiger partial charge in [0.15, 0.2) is 0 Å². The van der Waals surface area contributed by atoms with E-state index in [4.69, 9.17) is 0 Å². The Bertz CT molecular complexity index is 436. The van der Waals surface area contributed by atoms with E-state index >= 15 is 0 Å². The van der Waals surface area contributed by atoms with Crippen LogP contribution < -0.4 is 10.6 Å². The maximum absolute atomic E-state index is 12.5. The van der Waals surface area contributed by atoms with Gasteiger partial charge in [-0.1, -0.05) is 13.8 Å². The Kier molecular flexibility index (Phi) is 2.99. The Labute approximate surface area is 128 Å². The molecular formula is C18H30N2O. The molecule has 0 aromatic rings. The highest BCUT2D eigenvalue weighted by Gasteiger charge is 2.60. The van der Waals surface area contributed by atoms with Crippen LogP contribution in [0.4, 0.5) is 0 Å². The van der Waals surface area contributed by atoms with Crippen LogP contribution in [0.3, 0.4) is 0 Å². The number of rotatable bonds is 3. The molecule has 5 fully saturated rings. The predicted octanol–water partition coefficient (Wildman–Crippen LogP) is 2.99. The van der Waals surface area contributed by atoms with Crippen molar-refractivity contribution in [2.24, 2.45) is 16.7 Å². The molecule has 3 nitrogen and oxygen atoms in total. The Morgan fingerprint density at radius 3 is 2.43 bits per heavy atom. The quantitative estimate of drug-likeness (QED) is 0.839. The van der Waals surface area contributed by atoms with Crippen molar-refractivity contribution in [3.8, 4) is 0 Å². The van der Waals surface area contributed by atoms with Gasteiger partial charge in [0.1, 0.15) is 0 Å². The monoisotopic (exact) mass is 290 g/mol. The maximum atomic E-state index is 12.5. The summed E-state index contributed by atoms with van der Waals surface area (Å²) in [5.41, 5.74) is 1.08. The normalized spacial score (nSPS) is 51.3. The zero-order chi connectivity index (χ0) is 14.7. The van der Waals surface area contributed by atoms with E-state index in [0.717, 1.165) is 12.5 Å². The van der Waals surface area contributed by atoms with Crippen LogP contribution in [0.15, 0.2) is 0 Å². The topological polar surface area (TPSA) is 41.1 Å². The second-order valence-electron chi connectivity index (χ2n) is 9.46. The molecule has 1 aliphatic heterocycles.